The van der Waals surface area contributed by atoms with Gasteiger partial charge in [-0.1, -0.05) is 30.3 Å². The summed E-state index contributed by atoms with van der Waals surface area (Å²) in [6, 6.07) is 23.1. The Morgan fingerprint density at radius 3 is 2.52 bits per heavy atom. The maximum atomic E-state index is 12.9. The number of nitrogens with one attached hydrogen (secondary N) is 1. The normalized spacial score (nSPS) is 11.3. The van der Waals surface area contributed by atoms with Crippen LogP contribution in [-0.4, -0.2) is 16.7 Å². The molecule has 4 aromatic rings. The summed E-state index contributed by atoms with van der Waals surface area (Å²) < 4.78 is 5.73. The molecule has 33 heavy (non-hydrogen) atoms. The number of nitrogens with zero attached hydrogens (tertiary/aromatic N) is 2. The Kier molecular flexibility index (Phi) is 4.92. The summed E-state index contributed by atoms with van der Waals surface area (Å²) in [5.74, 6) is 0.343. The molecular weight excluding hydrogens is 414 g/mol. The molecule has 1 aliphatic carbocycles. The zero-order valence-corrected chi connectivity index (χ0v) is 17.6. The highest BCUT2D eigenvalue weighted by Crippen LogP contribution is 2.37. The van der Waals surface area contributed by atoms with Crippen LogP contribution in [0.25, 0.3) is 11.1 Å². The number of carbonyl (C=O) groups is 2. The van der Waals surface area contributed by atoms with Gasteiger partial charge in [-0.25, -0.2) is 4.98 Å². The lowest BCUT2D eigenvalue weighted by molar-refractivity contribution is 0.102. The number of hydrogen-bond donors (Lipinski definition) is 1. The molecule has 0 atom stereocenters. The van der Waals surface area contributed by atoms with Crippen molar-refractivity contribution in [1.82, 2.24) is 4.98 Å². The van der Waals surface area contributed by atoms with Crippen molar-refractivity contribution in [1.29, 1.82) is 5.26 Å². The first kappa shape index (κ1) is 20.2. The number of anilines is 1. The Labute approximate surface area is 190 Å². The first-order valence-corrected chi connectivity index (χ1v) is 10.3. The van der Waals surface area contributed by atoms with Crippen LogP contribution in [0.4, 0.5) is 5.69 Å². The second-order valence-electron chi connectivity index (χ2n) is 7.64. The van der Waals surface area contributed by atoms with E-state index in [9.17, 15) is 14.9 Å². The lowest BCUT2D eigenvalue weighted by Crippen LogP contribution is -2.13. The second kappa shape index (κ2) is 8.06. The van der Waals surface area contributed by atoms with Crippen LogP contribution >= 0.6 is 0 Å². The topological polar surface area (TPSA) is 92.1 Å². The van der Waals surface area contributed by atoms with Gasteiger partial charge >= 0.3 is 0 Å². The third-order valence-electron chi connectivity index (χ3n) is 5.54. The van der Waals surface area contributed by atoms with Gasteiger partial charge in [-0.15, -0.1) is 0 Å². The highest BCUT2D eigenvalue weighted by atomic mass is 16.5. The van der Waals surface area contributed by atoms with Crippen LogP contribution in [0.1, 0.15) is 37.4 Å². The number of ether oxygens (including phenoxy) is 1. The van der Waals surface area contributed by atoms with Gasteiger partial charge in [-0.05, 0) is 66.1 Å². The van der Waals surface area contributed by atoms with Gasteiger partial charge in [0, 0.05) is 28.6 Å². The van der Waals surface area contributed by atoms with Crippen molar-refractivity contribution in [3.05, 3.63) is 107 Å². The molecule has 6 nitrogen and oxygen atoms in total. The Balaban J connectivity index is 1.36. The zero-order valence-electron chi connectivity index (χ0n) is 17.6. The number of pyridine rings is 1. The van der Waals surface area contributed by atoms with Gasteiger partial charge in [0.2, 0.25) is 5.88 Å². The maximum Gasteiger partial charge on any atom is 0.255 e. The van der Waals surface area contributed by atoms with Crippen LogP contribution < -0.4 is 10.1 Å². The lowest BCUT2D eigenvalue weighted by Gasteiger charge is -2.12. The Bertz CT molecular complexity index is 1480. The molecule has 0 radical (unpaired) electrons. The van der Waals surface area contributed by atoms with Crippen LogP contribution in [0.15, 0.2) is 79.0 Å². The van der Waals surface area contributed by atoms with E-state index in [4.69, 9.17) is 4.74 Å². The first-order chi connectivity index (χ1) is 16.0. The van der Waals surface area contributed by atoms with Crippen molar-refractivity contribution in [2.24, 2.45) is 0 Å². The van der Waals surface area contributed by atoms with Crippen LogP contribution in [0.5, 0.6) is 11.6 Å². The third kappa shape index (κ3) is 3.62. The molecule has 0 bridgehead atoms. The van der Waals surface area contributed by atoms with E-state index in [1.807, 2.05) is 37.3 Å². The number of amides is 1. The summed E-state index contributed by atoms with van der Waals surface area (Å²) in [5, 5.41) is 12.1. The van der Waals surface area contributed by atoms with E-state index in [-0.39, 0.29) is 17.6 Å². The third-order valence-corrected chi connectivity index (χ3v) is 5.54. The molecule has 1 N–H and O–H groups in total. The Morgan fingerprint density at radius 2 is 1.73 bits per heavy atom. The molecule has 1 aromatic heterocycles. The van der Waals surface area contributed by atoms with Gasteiger partial charge in [0.05, 0.1) is 0 Å². The number of benzene rings is 3. The van der Waals surface area contributed by atoms with Gasteiger partial charge in [-0.2, -0.15) is 5.26 Å². The van der Waals surface area contributed by atoms with Crippen LogP contribution in [-0.2, 0) is 0 Å². The van der Waals surface area contributed by atoms with Crippen molar-refractivity contribution in [2.45, 2.75) is 6.92 Å². The fraction of sp³-hybridized carbons (Fsp3) is 0.0370. The summed E-state index contributed by atoms with van der Waals surface area (Å²) >= 11 is 0. The van der Waals surface area contributed by atoms with E-state index < -0.39 is 0 Å². The SMILES string of the molecule is Cc1cc(Oc2ncccc2C#N)ccc1NC(=O)c1ccc2c(c1)C(=O)c1ccccc1-2. The largest absolute Gasteiger partial charge is 0.438 e. The first-order valence-electron chi connectivity index (χ1n) is 10.3. The minimum atomic E-state index is -0.310. The standard InChI is InChI=1S/C27H17N3O3/c1-16-13-19(33-27-18(15-28)5-4-12-29-27)9-11-24(16)30-26(32)17-8-10-21-20-6-2-3-7-22(20)25(31)23(21)14-17/h2-14H,1H3,(H,30,32). The molecule has 5 rings (SSSR count). The van der Waals surface area contributed by atoms with E-state index >= 15 is 0 Å². The van der Waals surface area contributed by atoms with E-state index in [1.165, 1.54) is 0 Å². The lowest BCUT2D eigenvalue weighted by atomic mass is 10.0. The number of fused-ring (bicyclic) bond motifs is 3. The smallest absolute Gasteiger partial charge is 0.255 e. The van der Waals surface area contributed by atoms with Crippen molar-refractivity contribution >= 4 is 17.4 Å². The van der Waals surface area contributed by atoms with Crippen LogP contribution in [0.3, 0.4) is 0 Å². The van der Waals surface area contributed by atoms with E-state index in [2.05, 4.69) is 10.3 Å². The molecule has 0 unspecified atom stereocenters. The number of aromatic nitrogens is 1. The van der Waals surface area contributed by atoms with E-state index in [0.717, 1.165) is 16.7 Å². The number of carbonyl (C=O) groups excluding carboxylic acids is 2. The Morgan fingerprint density at radius 1 is 0.939 bits per heavy atom. The van der Waals surface area contributed by atoms with E-state index in [1.54, 1.807) is 54.7 Å². The minimum Gasteiger partial charge on any atom is -0.438 e. The molecular formula is C27H17N3O3. The van der Waals surface area contributed by atoms with E-state index in [0.29, 0.717) is 33.7 Å². The van der Waals surface area contributed by atoms with Gasteiger partial charge in [0.1, 0.15) is 17.4 Å². The minimum absolute atomic E-state index is 0.0702. The summed E-state index contributed by atoms with van der Waals surface area (Å²) in [7, 11) is 0. The highest BCUT2D eigenvalue weighted by molar-refractivity contribution is 6.22. The molecule has 1 amide bonds. The average molecular weight is 431 g/mol. The molecule has 0 saturated heterocycles. The number of ketones is 1. The second-order valence-corrected chi connectivity index (χ2v) is 7.64. The Hall–Kier alpha value is -4.76. The van der Waals surface area contributed by atoms with Crippen molar-refractivity contribution in [3.8, 4) is 28.8 Å². The van der Waals surface area contributed by atoms with Gasteiger partial charge in [-0.3, -0.25) is 9.59 Å². The van der Waals surface area contributed by atoms with Gasteiger partial charge in [0.25, 0.3) is 5.91 Å². The number of aryl methyl sites for hydroxylation is 1. The maximum absolute atomic E-state index is 12.9. The summed E-state index contributed by atoms with van der Waals surface area (Å²) in [4.78, 5) is 29.7. The number of rotatable bonds is 4. The molecule has 0 fully saturated rings. The van der Waals surface area contributed by atoms with Gasteiger partial charge < -0.3 is 10.1 Å². The number of hydrogen-bond acceptors (Lipinski definition) is 5. The summed E-state index contributed by atoms with van der Waals surface area (Å²) in [5.41, 5.74) is 5.06. The quantitative estimate of drug-likeness (QED) is 0.405. The fourth-order valence-corrected chi connectivity index (χ4v) is 3.87. The highest BCUT2D eigenvalue weighted by Gasteiger charge is 2.27. The van der Waals surface area contributed by atoms with Gasteiger partial charge in [0.15, 0.2) is 5.78 Å². The molecule has 0 spiro atoms. The van der Waals surface area contributed by atoms with Crippen molar-refractivity contribution in [3.63, 3.8) is 0 Å². The monoisotopic (exact) mass is 431 g/mol. The summed E-state index contributed by atoms with van der Waals surface area (Å²) in [6.45, 7) is 1.84. The number of nitriles is 1. The molecule has 0 aliphatic heterocycles. The predicted octanol–water partition coefficient (Wildman–Crippen LogP) is 5.52. The fourth-order valence-electron chi connectivity index (χ4n) is 3.87. The summed E-state index contributed by atoms with van der Waals surface area (Å²) in [6.07, 6.45) is 1.55. The zero-order chi connectivity index (χ0) is 22.9. The molecule has 0 saturated carbocycles. The molecule has 1 aliphatic rings. The molecule has 6 heteroatoms. The average Bonchev–Trinajstić information content (AvgIpc) is 3.13. The molecule has 3 aromatic carbocycles. The van der Waals surface area contributed by atoms with Crippen molar-refractivity contribution < 1.29 is 14.3 Å². The van der Waals surface area contributed by atoms with Crippen LogP contribution in [0.2, 0.25) is 0 Å². The molecule has 158 valence electrons. The van der Waals surface area contributed by atoms with Crippen molar-refractivity contribution in [2.75, 3.05) is 5.32 Å². The van der Waals surface area contributed by atoms with Crippen LogP contribution in [0, 0.1) is 18.3 Å². The molecule has 1 heterocycles. The predicted molar refractivity (Wildman–Crippen MR) is 123 cm³/mol.